The van der Waals surface area contributed by atoms with E-state index >= 15 is 0 Å². The largest absolute Gasteiger partial charge is 0.493 e. The molecule has 0 unspecified atom stereocenters. The Balaban J connectivity index is 2.71. The normalized spacial score (nSPS) is 11.3. The van der Waals surface area contributed by atoms with Crippen LogP contribution in [-0.4, -0.2) is 25.2 Å². The number of hydrogen-bond donors (Lipinski definition) is 1. The van der Waals surface area contributed by atoms with Crippen molar-refractivity contribution < 1.29 is 31.8 Å². The first-order chi connectivity index (χ1) is 11.6. The van der Waals surface area contributed by atoms with Crippen LogP contribution in [0.4, 0.5) is 23.2 Å². The van der Waals surface area contributed by atoms with E-state index in [1.54, 1.807) is 0 Å². The van der Waals surface area contributed by atoms with Gasteiger partial charge in [0.05, 0.1) is 30.6 Å². The number of nitrogens with two attached hydrogens (primary N) is 1. The van der Waals surface area contributed by atoms with E-state index in [-0.39, 0.29) is 22.0 Å². The maximum Gasteiger partial charge on any atom is 0.420 e. The minimum Gasteiger partial charge on any atom is -0.493 e. The summed E-state index contributed by atoms with van der Waals surface area (Å²) < 4.78 is 62.3. The quantitative estimate of drug-likeness (QED) is 0.647. The van der Waals surface area contributed by atoms with Crippen LogP contribution in [0.3, 0.4) is 0 Å². The van der Waals surface area contributed by atoms with Gasteiger partial charge < -0.3 is 15.2 Å². The third-order valence-corrected chi connectivity index (χ3v) is 3.64. The number of hydrogen-bond acceptors (Lipinski definition) is 5. The Morgan fingerprint density at radius 3 is 2.44 bits per heavy atom. The number of methoxy groups -OCH3 is 2. The number of carbonyl (C=O) groups excluding carboxylic acids is 1. The van der Waals surface area contributed by atoms with Gasteiger partial charge in [0, 0.05) is 5.56 Å². The van der Waals surface area contributed by atoms with E-state index in [1.807, 2.05) is 0 Å². The molecule has 0 bridgehead atoms. The number of benzene rings is 1. The van der Waals surface area contributed by atoms with E-state index < -0.39 is 35.0 Å². The van der Waals surface area contributed by atoms with Gasteiger partial charge in [0.25, 0.3) is 0 Å². The lowest BCUT2D eigenvalue weighted by atomic mass is 10.0. The van der Waals surface area contributed by atoms with Crippen LogP contribution in [0.2, 0.25) is 5.02 Å². The van der Waals surface area contributed by atoms with Crippen LogP contribution >= 0.6 is 11.6 Å². The van der Waals surface area contributed by atoms with Gasteiger partial charge in [-0.25, -0.2) is 14.2 Å². The Kier molecular flexibility index (Phi) is 5.07. The summed E-state index contributed by atoms with van der Waals surface area (Å²) in [6.07, 6.45) is -4.81. The van der Waals surface area contributed by atoms with Crippen LogP contribution < -0.4 is 10.5 Å². The first kappa shape index (κ1) is 18.8. The maximum atomic E-state index is 14.5. The van der Waals surface area contributed by atoms with Crippen molar-refractivity contribution in [2.75, 3.05) is 20.0 Å². The molecule has 0 radical (unpaired) electrons. The molecule has 0 fully saturated rings. The number of halogens is 5. The zero-order valence-electron chi connectivity index (χ0n) is 12.9. The number of aromatic nitrogens is 1. The number of rotatable bonds is 3. The van der Waals surface area contributed by atoms with Gasteiger partial charge in [-0.2, -0.15) is 13.2 Å². The highest BCUT2D eigenvalue weighted by molar-refractivity contribution is 6.35. The van der Waals surface area contributed by atoms with E-state index in [1.165, 1.54) is 0 Å². The van der Waals surface area contributed by atoms with Crippen LogP contribution in [0.1, 0.15) is 16.1 Å². The fourth-order valence-electron chi connectivity index (χ4n) is 2.10. The van der Waals surface area contributed by atoms with Gasteiger partial charge in [-0.3, -0.25) is 0 Å². The van der Waals surface area contributed by atoms with Crippen LogP contribution in [-0.2, 0) is 10.9 Å². The van der Waals surface area contributed by atoms with Gasteiger partial charge in [0.1, 0.15) is 5.56 Å². The Hall–Kier alpha value is -2.55. The van der Waals surface area contributed by atoms with E-state index in [0.717, 1.165) is 26.4 Å². The number of alkyl halides is 3. The number of esters is 1. The lowest BCUT2D eigenvalue weighted by molar-refractivity contribution is -0.139. The molecule has 0 saturated heterocycles. The first-order valence-corrected chi connectivity index (χ1v) is 6.98. The number of pyridine rings is 1. The Morgan fingerprint density at radius 1 is 1.28 bits per heavy atom. The van der Waals surface area contributed by atoms with Crippen molar-refractivity contribution in [3.05, 3.63) is 40.3 Å². The van der Waals surface area contributed by atoms with Crippen LogP contribution in [0, 0.1) is 5.82 Å². The minimum atomic E-state index is -4.81. The van der Waals surface area contributed by atoms with Crippen molar-refractivity contribution in [2.24, 2.45) is 0 Å². The molecule has 1 aromatic carbocycles. The standard InChI is InChI=1S/C15H11ClF4N2O3/c1-24-13-7(15(18,19)20)4-3-6(11(13)17)9-5-8(21)10(16)12(22-9)14(23)25-2/h3-5H,1-2H3,(H2,21,22). The summed E-state index contributed by atoms with van der Waals surface area (Å²) in [5.41, 5.74) is 3.31. The average Bonchev–Trinajstić information content (AvgIpc) is 2.55. The van der Waals surface area contributed by atoms with Gasteiger partial charge >= 0.3 is 12.1 Å². The molecule has 5 nitrogen and oxygen atoms in total. The molecule has 0 aliphatic carbocycles. The highest BCUT2D eigenvalue weighted by Gasteiger charge is 2.36. The summed E-state index contributed by atoms with van der Waals surface area (Å²) in [4.78, 5) is 15.5. The summed E-state index contributed by atoms with van der Waals surface area (Å²) in [7, 11) is 1.98. The summed E-state index contributed by atoms with van der Waals surface area (Å²) in [5, 5.41) is -0.213. The zero-order valence-corrected chi connectivity index (χ0v) is 13.6. The Morgan fingerprint density at radius 2 is 1.92 bits per heavy atom. The number of anilines is 1. The molecule has 0 amide bonds. The minimum absolute atomic E-state index is 0.120. The van der Waals surface area contributed by atoms with Crippen molar-refractivity contribution >= 4 is 23.3 Å². The number of nitrogens with zero attached hydrogens (tertiary/aromatic N) is 1. The zero-order chi connectivity index (χ0) is 18.9. The molecular weight excluding hydrogens is 368 g/mol. The number of ether oxygens (including phenoxy) is 2. The molecule has 0 aliphatic rings. The lowest BCUT2D eigenvalue weighted by Gasteiger charge is -2.15. The monoisotopic (exact) mass is 378 g/mol. The molecule has 25 heavy (non-hydrogen) atoms. The van der Waals surface area contributed by atoms with Gasteiger partial charge in [-0.15, -0.1) is 0 Å². The summed E-state index contributed by atoms with van der Waals surface area (Å²) in [5.74, 6) is -3.24. The fourth-order valence-corrected chi connectivity index (χ4v) is 2.27. The molecule has 1 heterocycles. The van der Waals surface area contributed by atoms with Crippen molar-refractivity contribution in [3.63, 3.8) is 0 Å². The molecule has 2 N–H and O–H groups in total. The second-order valence-corrected chi connectivity index (χ2v) is 5.13. The van der Waals surface area contributed by atoms with Crippen molar-refractivity contribution in [2.45, 2.75) is 6.18 Å². The van der Waals surface area contributed by atoms with Crippen LogP contribution in [0.15, 0.2) is 18.2 Å². The predicted molar refractivity (Wildman–Crippen MR) is 81.9 cm³/mol. The lowest BCUT2D eigenvalue weighted by Crippen LogP contribution is -2.11. The topological polar surface area (TPSA) is 74.4 Å². The van der Waals surface area contributed by atoms with Crippen molar-refractivity contribution in [1.82, 2.24) is 4.98 Å². The smallest absolute Gasteiger partial charge is 0.420 e. The van der Waals surface area contributed by atoms with Gasteiger partial charge in [0.2, 0.25) is 0 Å². The third kappa shape index (κ3) is 3.46. The number of carbonyl (C=O) groups is 1. The molecule has 0 atom stereocenters. The summed E-state index contributed by atoms with van der Waals surface area (Å²) >= 11 is 5.85. The molecule has 0 saturated carbocycles. The molecule has 1 aromatic heterocycles. The van der Waals surface area contributed by atoms with E-state index in [9.17, 15) is 22.4 Å². The molecule has 134 valence electrons. The Labute approximate surface area is 144 Å². The summed E-state index contributed by atoms with van der Waals surface area (Å²) in [6, 6.07) is 2.62. The van der Waals surface area contributed by atoms with Crippen molar-refractivity contribution in [1.29, 1.82) is 0 Å². The Bertz CT molecular complexity index is 841. The van der Waals surface area contributed by atoms with Gasteiger partial charge in [-0.05, 0) is 18.2 Å². The molecular formula is C15H11ClF4N2O3. The van der Waals surface area contributed by atoms with E-state index in [2.05, 4.69) is 14.5 Å². The number of nitrogen functional groups attached to an aromatic ring is 1. The van der Waals surface area contributed by atoms with E-state index in [4.69, 9.17) is 17.3 Å². The molecule has 10 heteroatoms. The predicted octanol–water partition coefficient (Wildman–Crippen LogP) is 3.94. The first-order valence-electron chi connectivity index (χ1n) is 6.60. The average molecular weight is 379 g/mol. The highest BCUT2D eigenvalue weighted by atomic mass is 35.5. The fraction of sp³-hybridized carbons (Fsp3) is 0.200. The highest BCUT2D eigenvalue weighted by Crippen LogP contribution is 2.41. The molecule has 0 aliphatic heterocycles. The van der Waals surface area contributed by atoms with E-state index in [0.29, 0.717) is 6.07 Å². The molecule has 2 rings (SSSR count). The van der Waals surface area contributed by atoms with Gasteiger partial charge in [-0.1, -0.05) is 11.6 Å². The van der Waals surface area contributed by atoms with Gasteiger partial charge in [0.15, 0.2) is 17.3 Å². The third-order valence-electron chi connectivity index (χ3n) is 3.25. The SMILES string of the molecule is COC(=O)c1nc(-c2ccc(C(F)(F)F)c(OC)c2F)cc(N)c1Cl. The summed E-state index contributed by atoms with van der Waals surface area (Å²) in [6.45, 7) is 0. The van der Waals surface area contributed by atoms with Crippen LogP contribution in [0.25, 0.3) is 11.3 Å². The van der Waals surface area contributed by atoms with Crippen LogP contribution in [0.5, 0.6) is 5.75 Å². The second-order valence-electron chi connectivity index (χ2n) is 4.76. The van der Waals surface area contributed by atoms with Crippen molar-refractivity contribution in [3.8, 4) is 17.0 Å². The maximum absolute atomic E-state index is 14.5. The second kappa shape index (κ2) is 6.75. The molecule has 0 spiro atoms. The molecule has 2 aromatic rings.